The summed E-state index contributed by atoms with van der Waals surface area (Å²) in [6, 6.07) is 1.20. The highest BCUT2D eigenvalue weighted by molar-refractivity contribution is 4.82. The van der Waals surface area contributed by atoms with Crippen LogP contribution in [0.2, 0.25) is 0 Å². The molecule has 0 spiro atoms. The molecule has 3 nitrogen and oxygen atoms in total. The van der Waals surface area contributed by atoms with Gasteiger partial charge in [0.05, 0.1) is 6.61 Å². The zero-order valence-electron chi connectivity index (χ0n) is 9.70. The van der Waals surface area contributed by atoms with E-state index >= 15 is 0 Å². The van der Waals surface area contributed by atoms with Gasteiger partial charge in [-0.25, -0.2) is 0 Å². The molecule has 1 fully saturated rings. The summed E-state index contributed by atoms with van der Waals surface area (Å²) in [5.41, 5.74) is 5.73. The Hall–Kier alpha value is -0.120. The molecule has 0 aromatic heterocycles. The van der Waals surface area contributed by atoms with Gasteiger partial charge in [-0.05, 0) is 39.2 Å². The van der Waals surface area contributed by atoms with E-state index in [0.29, 0.717) is 18.0 Å². The van der Waals surface area contributed by atoms with Crippen molar-refractivity contribution in [2.45, 2.75) is 38.8 Å². The van der Waals surface area contributed by atoms with Crippen LogP contribution in [0.15, 0.2) is 0 Å². The van der Waals surface area contributed by atoms with E-state index in [1.165, 1.54) is 12.8 Å². The Morgan fingerprint density at radius 1 is 1.50 bits per heavy atom. The first-order valence-corrected chi connectivity index (χ1v) is 5.63. The van der Waals surface area contributed by atoms with E-state index in [4.69, 9.17) is 10.5 Å². The monoisotopic (exact) mass is 200 g/mol. The molecule has 1 heterocycles. The first-order valence-electron chi connectivity index (χ1n) is 5.63. The van der Waals surface area contributed by atoms with Crippen LogP contribution in [0.3, 0.4) is 0 Å². The lowest BCUT2D eigenvalue weighted by Gasteiger charge is -2.41. The summed E-state index contributed by atoms with van der Waals surface area (Å²) >= 11 is 0. The third-order valence-electron chi connectivity index (χ3n) is 3.34. The molecule has 3 atom stereocenters. The van der Waals surface area contributed by atoms with Crippen LogP contribution in [0.5, 0.6) is 0 Å². The molecule has 0 saturated carbocycles. The van der Waals surface area contributed by atoms with Gasteiger partial charge in [0.1, 0.15) is 0 Å². The Labute approximate surface area is 87.6 Å². The van der Waals surface area contributed by atoms with Crippen LogP contribution < -0.4 is 5.73 Å². The van der Waals surface area contributed by atoms with Gasteiger partial charge >= 0.3 is 0 Å². The van der Waals surface area contributed by atoms with Crippen LogP contribution >= 0.6 is 0 Å². The second kappa shape index (κ2) is 5.69. The van der Waals surface area contributed by atoms with E-state index in [1.54, 1.807) is 7.11 Å². The Kier molecular flexibility index (Phi) is 4.85. The summed E-state index contributed by atoms with van der Waals surface area (Å²) < 4.78 is 5.20. The first kappa shape index (κ1) is 12.0. The molecule has 0 radical (unpaired) electrons. The van der Waals surface area contributed by atoms with Gasteiger partial charge in [0, 0.05) is 25.7 Å². The Bertz CT molecular complexity index is 163. The average molecular weight is 200 g/mol. The maximum absolute atomic E-state index is 5.73. The molecule has 3 unspecified atom stereocenters. The Balaban J connectivity index is 2.46. The number of nitrogens with two attached hydrogens (primary N) is 1. The zero-order chi connectivity index (χ0) is 10.6. The molecular formula is C11H24N2O. The molecule has 3 heteroatoms. The van der Waals surface area contributed by atoms with Crippen LogP contribution in [0, 0.1) is 5.92 Å². The molecule has 1 aliphatic heterocycles. The van der Waals surface area contributed by atoms with Crippen molar-refractivity contribution in [1.82, 2.24) is 4.90 Å². The maximum Gasteiger partial charge on any atom is 0.0615 e. The molecule has 84 valence electrons. The van der Waals surface area contributed by atoms with E-state index in [2.05, 4.69) is 18.7 Å². The van der Waals surface area contributed by atoms with Crippen molar-refractivity contribution < 1.29 is 4.74 Å². The number of nitrogens with zero attached hydrogens (tertiary/aromatic N) is 1. The minimum Gasteiger partial charge on any atom is -0.383 e. The van der Waals surface area contributed by atoms with Crippen LogP contribution in [0.1, 0.15) is 26.7 Å². The van der Waals surface area contributed by atoms with Gasteiger partial charge in [0.25, 0.3) is 0 Å². The first-order chi connectivity index (χ1) is 6.69. The molecular weight excluding hydrogens is 176 g/mol. The molecule has 1 saturated heterocycles. The van der Waals surface area contributed by atoms with Crippen molar-refractivity contribution in [2.75, 3.05) is 26.8 Å². The summed E-state index contributed by atoms with van der Waals surface area (Å²) in [6.45, 7) is 7.32. The largest absolute Gasteiger partial charge is 0.383 e. The van der Waals surface area contributed by atoms with E-state index in [9.17, 15) is 0 Å². The molecule has 0 amide bonds. The second-order valence-electron chi connectivity index (χ2n) is 4.53. The quantitative estimate of drug-likeness (QED) is 0.738. The van der Waals surface area contributed by atoms with Gasteiger partial charge in [0.15, 0.2) is 0 Å². The number of likely N-dealkylation sites (tertiary alicyclic amines) is 1. The SMILES string of the molecule is COCC(C)N1CC(CN)CCC1C. The summed E-state index contributed by atoms with van der Waals surface area (Å²) in [6.07, 6.45) is 2.56. The predicted octanol–water partition coefficient (Wildman–Crippen LogP) is 1.08. The fourth-order valence-corrected chi connectivity index (χ4v) is 2.36. The molecule has 0 aliphatic carbocycles. The van der Waals surface area contributed by atoms with Crippen LogP contribution in [0.25, 0.3) is 0 Å². The topological polar surface area (TPSA) is 38.5 Å². The Morgan fingerprint density at radius 2 is 2.21 bits per heavy atom. The van der Waals surface area contributed by atoms with Crippen LogP contribution in [-0.4, -0.2) is 43.8 Å². The van der Waals surface area contributed by atoms with E-state index in [1.807, 2.05) is 0 Å². The second-order valence-corrected chi connectivity index (χ2v) is 4.53. The molecule has 0 aromatic rings. The van der Waals surface area contributed by atoms with Gasteiger partial charge in [-0.1, -0.05) is 0 Å². The van der Waals surface area contributed by atoms with Crippen molar-refractivity contribution in [3.05, 3.63) is 0 Å². The van der Waals surface area contributed by atoms with Gasteiger partial charge in [-0.2, -0.15) is 0 Å². The fourth-order valence-electron chi connectivity index (χ4n) is 2.36. The highest BCUT2D eigenvalue weighted by Gasteiger charge is 2.27. The number of ether oxygens (including phenoxy) is 1. The molecule has 2 N–H and O–H groups in total. The highest BCUT2D eigenvalue weighted by Crippen LogP contribution is 2.23. The zero-order valence-corrected chi connectivity index (χ0v) is 9.70. The molecule has 0 aromatic carbocycles. The fraction of sp³-hybridized carbons (Fsp3) is 1.00. The molecule has 1 aliphatic rings. The minimum absolute atomic E-state index is 0.518. The number of methoxy groups -OCH3 is 1. The maximum atomic E-state index is 5.73. The summed E-state index contributed by atoms with van der Waals surface area (Å²) in [5.74, 6) is 0.686. The van der Waals surface area contributed by atoms with Crippen molar-refractivity contribution in [1.29, 1.82) is 0 Å². The number of rotatable bonds is 4. The lowest BCUT2D eigenvalue weighted by molar-refractivity contribution is 0.0368. The Morgan fingerprint density at radius 3 is 2.79 bits per heavy atom. The smallest absolute Gasteiger partial charge is 0.0615 e. The predicted molar refractivity (Wildman–Crippen MR) is 59.3 cm³/mol. The lowest BCUT2D eigenvalue weighted by atomic mass is 9.92. The number of piperidine rings is 1. The average Bonchev–Trinajstić information content (AvgIpc) is 2.19. The van der Waals surface area contributed by atoms with Gasteiger partial charge in [-0.3, -0.25) is 4.90 Å². The van der Waals surface area contributed by atoms with E-state index in [-0.39, 0.29) is 0 Å². The van der Waals surface area contributed by atoms with Gasteiger partial charge in [0.2, 0.25) is 0 Å². The van der Waals surface area contributed by atoms with Crippen LogP contribution in [-0.2, 0) is 4.74 Å². The minimum atomic E-state index is 0.518. The van der Waals surface area contributed by atoms with Crippen molar-refractivity contribution in [3.63, 3.8) is 0 Å². The normalized spacial score (nSPS) is 31.7. The molecule has 1 rings (SSSR count). The summed E-state index contributed by atoms with van der Waals surface area (Å²) in [5, 5.41) is 0. The van der Waals surface area contributed by atoms with E-state index in [0.717, 1.165) is 19.7 Å². The van der Waals surface area contributed by atoms with E-state index < -0.39 is 0 Å². The lowest BCUT2D eigenvalue weighted by Crippen LogP contribution is -2.49. The highest BCUT2D eigenvalue weighted by atomic mass is 16.5. The summed E-state index contributed by atoms with van der Waals surface area (Å²) in [4.78, 5) is 2.53. The van der Waals surface area contributed by atoms with Gasteiger partial charge < -0.3 is 10.5 Å². The van der Waals surface area contributed by atoms with Crippen LogP contribution in [0.4, 0.5) is 0 Å². The summed E-state index contributed by atoms with van der Waals surface area (Å²) in [7, 11) is 1.77. The van der Waals surface area contributed by atoms with Crippen molar-refractivity contribution in [3.8, 4) is 0 Å². The molecule has 0 bridgehead atoms. The number of hydrogen-bond donors (Lipinski definition) is 1. The number of hydrogen-bond acceptors (Lipinski definition) is 3. The van der Waals surface area contributed by atoms with Crippen molar-refractivity contribution in [2.24, 2.45) is 11.7 Å². The molecule has 14 heavy (non-hydrogen) atoms. The standard InChI is InChI=1S/C11H24N2O/c1-9-4-5-11(6-12)7-13(9)10(2)8-14-3/h9-11H,4-8,12H2,1-3H3. The van der Waals surface area contributed by atoms with Crippen molar-refractivity contribution >= 4 is 0 Å². The third-order valence-corrected chi connectivity index (χ3v) is 3.34. The third kappa shape index (κ3) is 2.94. The van der Waals surface area contributed by atoms with Gasteiger partial charge in [-0.15, -0.1) is 0 Å².